The average molecular weight is 370 g/mol. The highest BCUT2D eigenvalue weighted by Gasteiger charge is 2.21. The molecule has 1 amide bonds. The zero-order valence-corrected chi connectivity index (χ0v) is 14.2. The predicted octanol–water partition coefficient (Wildman–Crippen LogP) is 2.54. The first-order valence-electron chi connectivity index (χ1n) is 7.45. The van der Waals surface area contributed by atoms with Crippen molar-refractivity contribution in [2.45, 2.75) is 0 Å². The lowest BCUT2D eigenvalue weighted by atomic mass is 10.2. The Bertz CT molecular complexity index is 744. The summed E-state index contributed by atoms with van der Waals surface area (Å²) in [4.78, 5) is 20.6. The van der Waals surface area contributed by atoms with Crippen LogP contribution in [0.5, 0.6) is 0 Å². The molecule has 4 nitrogen and oxygen atoms in total. The molecule has 2 heterocycles. The first-order valence-corrected chi connectivity index (χ1v) is 8.25. The monoisotopic (exact) mass is 369 g/mol. The van der Waals surface area contributed by atoms with Gasteiger partial charge in [-0.15, -0.1) is 0 Å². The lowest BCUT2D eigenvalue weighted by Crippen LogP contribution is -2.48. The first-order chi connectivity index (χ1) is 11.2. The van der Waals surface area contributed by atoms with E-state index in [0.29, 0.717) is 13.1 Å². The Balaban J connectivity index is 1.60. The molecule has 0 saturated carbocycles. The van der Waals surface area contributed by atoms with Crippen LogP contribution >= 0.6 is 15.9 Å². The molecule has 1 aliphatic heterocycles. The summed E-state index contributed by atoms with van der Waals surface area (Å²) in [7, 11) is 0. The van der Waals surface area contributed by atoms with Crippen LogP contribution in [0.15, 0.2) is 53.1 Å². The summed E-state index contributed by atoms with van der Waals surface area (Å²) in [5.74, 6) is 6.46. The van der Waals surface area contributed by atoms with Crippen LogP contribution in [0.4, 0.5) is 5.82 Å². The van der Waals surface area contributed by atoms with Gasteiger partial charge in [-0.2, -0.15) is 0 Å². The fraction of sp³-hybridized carbons (Fsp3) is 0.222. The van der Waals surface area contributed by atoms with E-state index in [4.69, 9.17) is 0 Å². The molecule has 0 bridgehead atoms. The third-order valence-corrected chi connectivity index (χ3v) is 4.31. The first kappa shape index (κ1) is 15.6. The zero-order chi connectivity index (χ0) is 16.1. The molecule has 0 aliphatic carbocycles. The molecular formula is C18H16BrN3O. The number of benzene rings is 1. The van der Waals surface area contributed by atoms with Gasteiger partial charge >= 0.3 is 0 Å². The third-order valence-electron chi connectivity index (χ3n) is 3.69. The largest absolute Gasteiger partial charge is 0.352 e. The van der Waals surface area contributed by atoms with E-state index in [1.807, 2.05) is 42.5 Å². The van der Waals surface area contributed by atoms with Gasteiger partial charge in [0.1, 0.15) is 5.82 Å². The summed E-state index contributed by atoms with van der Waals surface area (Å²) < 4.78 is 0.976. The quantitative estimate of drug-likeness (QED) is 0.724. The van der Waals surface area contributed by atoms with E-state index in [1.54, 1.807) is 11.1 Å². The second kappa shape index (κ2) is 7.30. The van der Waals surface area contributed by atoms with E-state index in [0.717, 1.165) is 28.9 Å². The summed E-state index contributed by atoms with van der Waals surface area (Å²) in [6, 6.07) is 13.4. The standard InChI is InChI=1S/C18H16BrN3O/c19-16-7-4-10-20-18(16)22-13-11-21(12-14-22)17(23)9-8-15-5-2-1-3-6-15/h1-7,10H,11-14H2. The summed E-state index contributed by atoms with van der Waals surface area (Å²) in [5, 5.41) is 0. The Morgan fingerprint density at radius 2 is 1.78 bits per heavy atom. The lowest BCUT2D eigenvalue weighted by molar-refractivity contribution is -0.125. The summed E-state index contributed by atoms with van der Waals surface area (Å²) >= 11 is 3.52. The van der Waals surface area contributed by atoms with Crippen LogP contribution in [0.2, 0.25) is 0 Å². The normalized spacial score (nSPS) is 14.1. The molecular weight excluding hydrogens is 354 g/mol. The molecule has 23 heavy (non-hydrogen) atoms. The van der Waals surface area contributed by atoms with E-state index < -0.39 is 0 Å². The Kier molecular flexibility index (Phi) is 4.94. The lowest BCUT2D eigenvalue weighted by Gasteiger charge is -2.34. The molecule has 1 aliphatic rings. The van der Waals surface area contributed by atoms with E-state index >= 15 is 0 Å². The van der Waals surface area contributed by atoms with Gasteiger partial charge in [0.25, 0.3) is 5.91 Å². The number of carbonyl (C=O) groups excluding carboxylic acids is 1. The molecule has 116 valence electrons. The van der Waals surface area contributed by atoms with E-state index in [9.17, 15) is 4.79 Å². The minimum absolute atomic E-state index is 0.117. The van der Waals surface area contributed by atoms with E-state index in [2.05, 4.69) is 37.7 Å². The highest BCUT2D eigenvalue weighted by molar-refractivity contribution is 9.10. The zero-order valence-electron chi connectivity index (χ0n) is 12.6. The van der Waals surface area contributed by atoms with Crippen molar-refractivity contribution in [2.24, 2.45) is 0 Å². The van der Waals surface area contributed by atoms with Crippen molar-refractivity contribution in [1.29, 1.82) is 0 Å². The van der Waals surface area contributed by atoms with E-state index in [1.165, 1.54) is 0 Å². The molecule has 0 atom stereocenters. The second-order valence-electron chi connectivity index (χ2n) is 5.20. The number of amides is 1. The van der Waals surface area contributed by atoms with E-state index in [-0.39, 0.29) is 5.91 Å². The van der Waals surface area contributed by atoms with Crippen LogP contribution in [0.25, 0.3) is 0 Å². The van der Waals surface area contributed by atoms with Crippen molar-refractivity contribution in [2.75, 3.05) is 31.1 Å². The number of anilines is 1. The summed E-state index contributed by atoms with van der Waals surface area (Å²) in [5.41, 5.74) is 0.858. The summed E-state index contributed by atoms with van der Waals surface area (Å²) in [6.07, 6.45) is 1.78. The van der Waals surface area contributed by atoms with Gasteiger partial charge in [0.2, 0.25) is 0 Å². The highest BCUT2D eigenvalue weighted by atomic mass is 79.9. The minimum atomic E-state index is -0.117. The Morgan fingerprint density at radius 1 is 1.04 bits per heavy atom. The Hall–Kier alpha value is -2.32. The van der Waals surface area contributed by atoms with Crippen molar-refractivity contribution in [3.05, 3.63) is 58.7 Å². The number of pyridine rings is 1. The van der Waals surface area contributed by atoms with Gasteiger partial charge in [-0.1, -0.05) is 24.1 Å². The van der Waals surface area contributed by atoms with Crippen molar-refractivity contribution >= 4 is 27.7 Å². The SMILES string of the molecule is O=C(C#Cc1ccccc1)N1CCN(c2ncccc2Br)CC1. The number of rotatable bonds is 1. The fourth-order valence-electron chi connectivity index (χ4n) is 2.46. The maximum atomic E-state index is 12.2. The highest BCUT2D eigenvalue weighted by Crippen LogP contribution is 2.23. The van der Waals surface area contributed by atoms with Crippen molar-refractivity contribution in [1.82, 2.24) is 9.88 Å². The van der Waals surface area contributed by atoms with Crippen LogP contribution in [-0.4, -0.2) is 42.0 Å². The van der Waals surface area contributed by atoms with Gasteiger partial charge in [0, 0.05) is 43.9 Å². The molecule has 1 aromatic carbocycles. The smallest absolute Gasteiger partial charge is 0.298 e. The van der Waals surface area contributed by atoms with Gasteiger partial charge in [0.15, 0.2) is 0 Å². The van der Waals surface area contributed by atoms with Crippen molar-refractivity contribution < 1.29 is 4.79 Å². The van der Waals surface area contributed by atoms with Crippen molar-refractivity contribution in [3.63, 3.8) is 0 Å². The molecule has 0 spiro atoms. The second-order valence-corrected chi connectivity index (χ2v) is 6.06. The third kappa shape index (κ3) is 3.91. The molecule has 1 aromatic heterocycles. The molecule has 0 unspecified atom stereocenters. The van der Waals surface area contributed by atoms with Crippen LogP contribution < -0.4 is 4.90 Å². The minimum Gasteiger partial charge on any atom is -0.352 e. The van der Waals surface area contributed by atoms with Gasteiger partial charge in [0.05, 0.1) is 4.47 Å². The maximum absolute atomic E-state index is 12.2. The van der Waals surface area contributed by atoms with Gasteiger partial charge < -0.3 is 9.80 Å². The molecule has 3 rings (SSSR count). The molecule has 1 saturated heterocycles. The van der Waals surface area contributed by atoms with Crippen LogP contribution in [-0.2, 0) is 4.79 Å². The number of hydrogen-bond donors (Lipinski definition) is 0. The Labute approximate surface area is 144 Å². The molecule has 2 aromatic rings. The molecule has 0 radical (unpaired) electrons. The van der Waals surface area contributed by atoms with Gasteiger partial charge in [-0.3, -0.25) is 4.79 Å². The predicted molar refractivity (Wildman–Crippen MR) is 94.1 cm³/mol. The molecule has 1 fully saturated rings. The Morgan fingerprint density at radius 3 is 2.48 bits per heavy atom. The van der Waals surface area contributed by atoms with Crippen molar-refractivity contribution in [3.8, 4) is 11.8 Å². The van der Waals surface area contributed by atoms with Gasteiger partial charge in [-0.25, -0.2) is 4.98 Å². The number of nitrogens with zero attached hydrogens (tertiary/aromatic N) is 3. The van der Waals surface area contributed by atoms with Crippen LogP contribution in [0, 0.1) is 11.8 Å². The number of piperazine rings is 1. The average Bonchev–Trinajstić information content (AvgIpc) is 2.61. The number of carbonyl (C=O) groups is 1. The maximum Gasteiger partial charge on any atom is 0.298 e. The number of aromatic nitrogens is 1. The fourth-order valence-corrected chi connectivity index (χ4v) is 2.96. The van der Waals surface area contributed by atoms with Gasteiger partial charge in [-0.05, 0) is 40.2 Å². The number of hydrogen-bond acceptors (Lipinski definition) is 3. The van der Waals surface area contributed by atoms with Crippen LogP contribution in [0.1, 0.15) is 5.56 Å². The summed E-state index contributed by atoms with van der Waals surface area (Å²) in [6.45, 7) is 2.83. The molecule has 0 N–H and O–H groups in total. The molecule has 5 heteroatoms. The van der Waals surface area contributed by atoms with Crippen LogP contribution in [0.3, 0.4) is 0 Å². The number of halogens is 1. The topological polar surface area (TPSA) is 36.4 Å².